The molecule has 0 aromatic carbocycles. The van der Waals surface area contributed by atoms with E-state index in [9.17, 15) is 9.59 Å². The van der Waals surface area contributed by atoms with Crippen LogP contribution in [0.2, 0.25) is 0 Å². The fourth-order valence-corrected chi connectivity index (χ4v) is 3.40. The van der Waals surface area contributed by atoms with Crippen molar-refractivity contribution in [2.75, 3.05) is 0 Å². The molecule has 0 N–H and O–H groups in total. The molecule has 0 saturated carbocycles. The Hall–Kier alpha value is -2.67. The van der Waals surface area contributed by atoms with Gasteiger partial charge in [0.15, 0.2) is 11.6 Å². The second-order valence-electron chi connectivity index (χ2n) is 4.80. The number of rotatable bonds is 2. The summed E-state index contributed by atoms with van der Waals surface area (Å²) in [7, 11) is 0. The summed E-state index contributed by atoms with van der Waals surface area (Å²) in [6, 6.07) is 3.21. The largest absolute Gasteiger partial charge is 0.333 e. The van der Waals surface area contributed by atoms with E-state index in [1.165, 1.54) is 23.7 Å². The Balaban J connectivity index is 1.86. The first-order valence-electron chi connectivity index (χ1n) is 6.69. The molecule has 3 aromatic heterocycles. The van der Waals surface area contributed by atoms with Crippen molar-refractivity contribution in [3.8, 4) is 10.8 Å². The van der Waals surface area contributed by atoms with E-state index in [0.29, 0.717) is 44.6 Å². The molecule has 0 fully saturated rings. The Kier molecular flexibility index (Phi) is 2.77. The number of fused-ring (bicyclic) bond motifs is 2. The van der Waals surface area contributed by atoms with Gasteiger partial charge in [-0.1, -0.05) is 12.1 Å². The predicted octanol–water partition coefficient (Wildman–Crippen LogP) is 2.53. The number of aryl methyl sites for hydroxylation is 1. The van der Waals surface area contributed by atoms with Crippen LogP contribution in [0, 0.1) is 0 Å². The number of carbonyl (C=O) groups excluding carboxylic acids is 2. The van der Waals surface area contributed by atoms with Gasteiger partial charge in [0.05, 0.1) is 15.3 Å². The molecule has 1 aliphatic carbocycles. The highest BCUT2D eigenvalue weighted by Gasteiger charge is 2.33. The molecule has 0 radical (unpaired) electrons. The maximum absolute atomic E-state index is 12.5. The van der Waals surface area contributed by atoms with Crippen molar-refractivity contribution in [1.29, 1.82) is 0 Å². The number of hydrogen-bond acceptors (Lipinski definition) is 7. The molecule has 3 heterocycles. The monoisotopic (exact) mass is 311 g/mol. The van der Waals surface area contributed by atoms with E-state index in [1.807, 2.05) is 6.92 Å². The van der Waals surface area contributed by atoms with Crippen LogP contribution >= 0.6 is 11.3 Å². The first kappa shape index (κ1) is 13.0. The van der Waals surface area contributed by atoms with Gasteiger partial charge in [-0.05, 0) is 12.1 Å². The minimum absolute atomic E-state index is 0.168. The Morgan fingerprint density at radius 1 is 1.18 bits per heavy atom. The normalized spacial score (nSPS) is 13.1. The Bertz CT molecular complexity index is 873. The van der Waals surface area contributed by atoms with Crippen molar-refractivity contribution < 1.29 is 14.1 Å². The summed E-state index contributed by atoms with van der Waals surface area (Å²) >= 11 is 1.20. The molecule has 6 nitrogen and oxygen atoms in total. The van der Waals surface area contributed by atoms with Crippen molar-refractivity contribution in [3.63, 3.8) is 0 Å². The van der Waals surface area contributed by atoms with Crippen LogP contribution in [0.4, 0.5) is 0 Å². The minimum Gasteiger partial charge on any atom is -0.333 e. The van der Waals surface area contributed by atoms with Crippen LogP contribution in [-0.2, 0) is 6.42 Å². The summed E-state index contributed by atoms with van der Waals surface area (Å²) in [6.45, 7) is 1.92. The second kappa shape index (κ2) is 4.67. The van der Waals surface area contributed by atoms with E-state index in [0.717, 1.165) is 0 Å². The van der Waals surface area contributed by atoms with Gasteiger partial charge in [0.25, 0.3) is 5.89 Å². The van der Waals surface area contributed by atoms with Crippen LogP contribution in [-0.4, -0.2) is 26.7 Å². The van der Waals surface area contributed by atoms with Crippen LogP contribution < -0.4 is 0 Å². The summed E-state index contributed by atoms with van der Waals surface area (Å²) in [5.41, 5.74) is 1.10. The SMILES string of the molecule is CCc1noc(-c2cc3c(s2)C(=O)c2ccncc2C3=O)n1. The molecule has 22 heavy (non-hydrogen) atoms. The third-order valence-corrected chi connectivity index (χ3v) is 4.61. The molecule has 3 aromatic rings. The van der Waals surface area contributed by atoms with Gasteiger partial charge in [-0.2, -0.15) is 4.98 Å². The number of aromatic nitrogens is 3. The van der Waals surface area contributed by atoms with Gasteiger partial charge in [0.2, 0.25) is 5.78 Å². The summed E-state index contributed by atoms with van der Waals surface area (Å²) in [5.74, 6) is 0.555. The van der Waals surface area contributed by atoms with E-state index in [1.54, 1.807) is 12.1 Å². The first-order valence-corrected chi connectivity index (χ1v) is 7.51. The smallest absolute Gasteiger partial charge is 0.268 e. The number of thiophene rings is 1. The fourth-order valence-electron chi connectivity index (χ4n) is 2.37. The first-order chi connectivity index (χ1) is 10.7. The highest BCUT2D eigenvalue weighted by Crippen LogP contribution is 2.36. The van der Waals surface area contributed by atoms with E-state index >= 15 is 0 Å². The quantitative estimate of drug-likeness (QED) is 0.565. The van der Waals surface area contributed by atoms with E-state index in [2.05, 4.69) is 15.1 Å². The highest BCUT2D eigenvalue weighted by atomic mass is 32.1. The Morgan fingerprint density at radius 3 is 2.82 bits per heavy atom. The number of hydrogen-bond donors (Lipinski definition) is 0. The summed E-state index contributed by atoms with van der Waals surface area (Å²) in [6.07, 6.45) is 3.59. The lowest BCUT2D eigenvalue weighted by Gasteiger charge is -2.12. The van der Waals surface area contributed by atoms with E-state index < -0.39 is 0 Å². The molecular weight excluding hydrogens is 302 g/mol. The third-order valence-electron chi connectivity index (χ3n) is 3.49. The third kappa shape index (κ3) is 1.75. The number of carbonyl (C=O) groups is 2. The Labute approximate surface area is 128 Å². The molecule has 4 rings (SSSR count). The zero-order chi connectivity index (χ0) is 15.3. The van der Waals surface area contributed by atoms with Gasteiger partial charge in [-0.25, -0.2) is 0 Å². The lowest BCUT2D eigenvalue weighted by atomic mass is 9.90. The van der Waals surface area contributed by atoms with Crippen molar-refractivity contribution in [3.05, 3.63) is 51.9 Å². The molecule has 0 spiro atoms. The molecule has 7 heteroatoms. The minimum atomic E-state index is -0.199. The number of ketones is 2. The van der Waals surface area contributed by atoms with Gasteiger partial charge in [0, 0.05) is 29.9 Å². The predicted molar refractivity (Wildman–Crippen MR) is 78.1 cm³/mol. The van der Waals surface area contributed by atoms with Crippen molar-refractivity contribution in [2.45, 2.75) is 13.3 Å². The van der Waals surface area contributed by atoms with Crippen LogP contribution in [0.15, 0.2) is 29.0 Å². The summed E-state index contributed by atoms with van der Waals surface area (Å²) in [4.78, 5) is 34.2. The van der Waals surface area contributed by atoms with Crippen LogP contribution in [0.5, 0.6) is 0 Å². The average molecular weight is 311 g/mol. The van der Waals surface area contributed by atoms with Gasteiger partial charge in [-0.15, -0.1) is 11.3 Å². The van der Waals surface area contributed by atoms with Crippen LogP contribution in [0.1, 0.15) is 43.9 Å². The maximum atomic E-state index is 12.5. The molecule has 0 atom stereocenters. The fraction of sp³-hybridized carbons (Fsp3) is 0.133. The molecular formula is C15H9N3O3S. The van der Waals surface area contributed by atoms with Crippen LogP contribution in [0.3, 0.4) is 0 Å². The molecule has 1 aliphatic rings. The molecule has 0 bridgehead atoms. The standard InChI is InChI=1S/C15H9N3O3S/c1-2-11-17-15(21-18-11)10-5-8-12(19)9-6-16-4-3-7(9)13(20)14(8)22-10/h3-6H,2H2,1H3. The maximum Gasteiger partial charge on any atom is 0.268 e. The molecule has 0 amide bonds. The van der Waals surface area contributed by atoms with E-state index in [4.69, 9.17) is 4.52 Å². The summed E-state index contributed by atoms with van der Waals surface area (Å²) in [5, 5.41) is 3.84. The number of pyridine rings is 1. The lowest BCUT2D eigenvalue weighted by Crippen LogP contribution is -2.18. The average Bonchev–Trinajstić information content (AvgIpc) is 3.19. The Morgan fingerprint density at radius 2 is 2.05 bits per heavy atom. The molecule has 0 saturated heterocycles. The van der Waals surface area contributed by atoms with Crippen molar-refractivity contribution in [2.24, 2.45) is 0 Å². The van der Waals surface area contributed by atoms with Crippen LogP contribution in [0.25, 0.3) is 10.8 Å². The van der Waals surface area contributed by atoms with Gasteiger partial charge < -0.3 is 4.52 Å². The second-order valence-corrected chi connectivity index (χ2v) is 5.85. The van der Waals surface area contributed by atoms with Crippen molar-refractivity contribution >= 4 is 22.9 Å². The van der Waals surface area contributed by atoms with Gasteiger partial charge >= 0.3 is 0 Å². The van der Waals surface area contributed by atoms with Gasteiger partial charge in [0.1, 0.15) is 0 Å². The van der Waals surface area contributed by atoms with Crippen molar-refractivity contribution in [1.82, 2.24) is 15.1 Å². The van der Waals surface area contributed by atoms with E-state index in [-0.39, 0.29) is 11.6 Å². The zero-order valence-electron chi connectivity index (χ0n) is 11.5. The summed E-state index contributed by atoms with van der Waals surface area (Å²) < 4.78 is 5.18. The molecule has 0 aliphatic heterocycles. The zero-order valence-corrected chi connectivity index (χ0v) is 12.3. The lowest BCUT2D eigenvalue weighted by molar-refractivity contribution is 0.0982. The topological polar surface area (TPSA) is 86.0 Å². The molecule has 108 valence electrons. The number of nitrogens with zero attached hydrogens (tertiary/aromatic N) is 3. The van der Waals surface area contributed by atoms with Gasteiger partial charge in [-0.3, -0.25) is 14.6 Å². The highest BCUT2D eigenvalue weighted by molar-refractivity contribution is 7.18. The molecule has 0 unspecified atom stereocenters.